The minimum Gasteiger partial charge on any atom is -0.352 e. The number of hydrogen-bond acceptors (Lipinski definition) is 5. The molecule has 0 aromatic carbocycles. The number of piperazine rings is 1. The summed E-state index contributed by atoms with van der Waals surface area (Å²) >= 11 is 1.37. The molecule has 0 spiro atoms. The highest BCUT2D eigenvalue weighted by molar-refractivity contribution is 7.12. The van der Waals surface area contributed by atoms with Gasteiger partial charge in [0.1, 0.15) is 0 Å². The first-order valence-corrected chi connectivity index (χ1v) is 9.06. The summed E-state index contributed by atoms with van der Waals surface area (Å²) in [5, 5.41) is 4.58. The lowest BCUT2D eigenvalue weighted by Crippen LogP contribution is -2.53. The predicted molar refractivity (Wildman–Crippen MR) is 97.5 cm³/mol. The molecule has 0 bridgehead atoms. The summed E-state index contributed by atoms with van der Waals surface area (Å²) in [5.41, 5.74) is 0. The first kappa shape index (κ1) is 19.1. The van der Waals surface area contributed by atoms with E-state index in [1.165, 1.54) is 16.2 Å². The number of nitrogens with one attached hydrogen (secondary N) is 1. The number of nitrogens with zero attached hydrogens (tertiary/aromatic N) is 3. The summed E-state index contributed by atoms with van der Waals surface area (Å²) in [4.78, 5) is 42.1. The van der Waals surface area contributed by atoms with Gasteiger partial charge in [-0.2, -0.15) is 0 Å². The van der Waals surface area contributed by atoms with Gasteiger partial charge >= 0.3 is 0 Å². The van der Waals surface area contributed by atoms with Gasteiger partial charge in [-0.1, -0.05) is 12.1 Å². The molecule has 1 saturated heterocycles. The van der Waals surface area contributed by atoms with E-state index in [2.05, 4.69) is 11.9 Å². The number of carbonyl (C=O) groups excluding carboxylic acids is 3. The Morgan fingerprint density at radius 2 is 2.04 bits per heavy atom. The first-order chi connectivity index (χ1) is 12.0. The molecule has 0 atom stereocenters. The van der Waals surface area contributed by atoms with Crippen LogP contribution in [0.3, 0.4) is 0 Å². The second-order valence-corrected chi connectivity index (χ2v) is 6.84. The van der Waals surface area contributed by atoms with Crippen LogP contribution in [0, 0.1) is 0 Å². The minimum absolute atomic E-state index is 0.0408. The molecule has 8 heteroatoms. The van der Waals surface area contributed by atoms with Crippen LogP contribution >= 0.6 is 11.3 Å². The predicted octanol–water partition coefficient (Wildman–Crippen LogP) is 0.267. The van der Waals surface area contributed by atoms with Crippen molar-refractivity contribution < 1.29 is 14.4 Å². The maximum Gasteiger partial charge on any atom is 0.264 e. The first-order valence-electron chi connectivity index (χ1n) is 8.18. The number of thiophene rings is 1. The maximum atomic E-state index is 12.4. The zero-order valence-electron chi connectivity index (χ0n) is 14.4. The normalized spacial score (nSPS) is 14.8. The minimum atomic E-state index is -0.138. The molecule has 136 valence electrons. The van der Waals surface area contributed by atoms with Gasteiger partial charge in [0.25, 0.3) is 5.91 Å². The lowest BCUT2D eigenvalue weighted by molar-refractivity contribution is -0.133. The van der Waals surface area contributed by atoms with Crippen LogP contribution in [0.4, 0.5) is 0 Å². The number of hydrogen-bond donors (Lipinski definition) is 1. The molecule has 1 aliphatic heterocycles. The highest BCUT2D eigenvalue weighted by Gasteiger charge is 2.24. The summed E-state index contributed by atoms with van der Waals surface area (Å²) in [7, 11) is 1.64. The third kappa shape index (κ3) is 5.68. The molecule has 0 unspecified atom stereocenters. The molecule has 7 nitrogen and oxygen atoms in total. The Hall–Kier alpha value is -2.19. The lowest BCUT2D eigenvalue weighted by atomic mass is 10.3. The molecule has 1 aromatic rings. The lowest BCUT2D eigenvalue weighted by Gasteiger charge is -2.35. The maximum absolute atomic E-state index is 12.4. The van der Waals surface area contributed by atoms with Gasteiger partial charge in [-0.15, -0.1) is 17.9 Å². The zero-order chi connectivity index (χ0) is 18.2. The van der Waals surface area contributed by atoms with E-state index in [4.69, 9.17) is 0 Å². The van der Waals surface area contributed by atoms with Gasteiger partial charge in [-0.3, -0.25) is 19.3 Å². The average molecular weight is 364 g/mol. The van der Waals surface area contributed by atoms with Gasteiger partial charge in [0.15, 0.2) is 0 Å². The summed E-state index contributed by atoms with van der Waals surface area (Å²) in [6.07, 6.45) is 1.64. The van der Waals surface area contributed by atoms with E-state index in [0.717, 1.165) is 0 Å². The van der Waals surface area contributed by atoms with Crippen LogP contribution < -0.4 is 5.32 Å². The molecule has 1 aliphatic rings. The second-order valence-electron chi connectivity index (χ2n) is 5.89. The Morgan fingerprint density at radius 3 is 2.64 bits per heavy atom. The van der Waals surface area contributed by atoms with Crippen LogP contribution in [0.5, 0.6) is 0 Å². The molecular weight excluding hydrogens is 340 g/mol. The molecule has 3 amide bonds. The molecule has 1 N–H and O–H groups in total. The fourth-order valence-corrected chi connectivity index (χ4v) is 3.28. The molecule has 0 radical (unpaired) electrons. The largest absolute Gasteiger partial charge is 0.352 e. The SMILES string of the molecule is C=CCNC(=O)CN1CCN(C(=O)CN(C)C(=O)c2cccs2)CC1. The van der Waals surface area contributed by atoms with E-state index in [0.29, 0.717) is 44.1 Å². The van der Waals surface area contributed by atoms with E-state index in [-0.39, 0.29) is 24.3 Å². The van der Waals surface area contributed by atoms with E-state index in [1.54, 1.807) is 24.1 Å². The van der Waals surface area contributed by atoms with Crippen molar-refractivity contribution in [1.29, 1.82) is 0 Å². The molecule has 0 saturated carbocycles. The highest BCUT2D eigenvalue weighted by Crippen LogP contribution is 2.11. The van der Waals surface area contributed by atoms with Gasteiger partial charge in [0.05, 0.1) is 18.0 Å². The zero-order valence-corrected chi connectivity index (χ0v) is 15.3. The van der Waals surface area contributed by atoms with Crippen molar-refractivity contribution >= 4 is 29.1 Å². The van der Waals surface area contributed by atoms with Crippen molar-refractivity contribution in [2.45, 2.75) is 0 Å². The number of amides is 3. The Morgan fingerprint density at radius 1 is 1.32 bits per heavy atom. The standard InChI is InChI=1S/C17H24N4O3S/c1-3-6-18-15(22)12-20-7-9-21(10-8-20)16(23)13-19(2)17(24)14-5-4-11-25-14/h3-5,11H,1,6-10,12-13H2,2H3,(H,18,22). The number of carbonyl (C=O) groups is 3. The Labute approximate surface area is 151 Å². The molecule has 0 aliphatic carbocycles. The topological polar surface area (TPSA) is 73.0 Å². The summed E-state index contributed by atoms with van der Waals surface area (Å²) in [5.74, 6) is -0.245. The van der Waals surface area contributed by atoms with Crippen molar-refractivity contribution in [3.05, 3.63) is 35.0 Å². The van der Waals surface area contributed by atoms with Gasteiger partial charge < -0.3 is 15.1 Å². The monoisotopic (exact) mass is 364 g/mol. The third-order valence-corrected chi connectivity index (χ3v) is 4.84. The van der Waals surface area contributed by atoms with Crippen LogP contribution in [-0.2, 0) is 9.59 Å². The van der Waals surface area contributed by atoms with Crippen LogP contribution in [0.1, 0.15) is 9.67 Å². The Balaban J connectivity index is 1.74. The van der Waals surface area contributed by atoms with E-state index in [1.807, 2.05) is 16.3 Å². The number of rotatable bonds is 7. The van der Waals surface area contributed by atoms with Crippen molar-refractivity contribution in [1.82, 2.24) is 20.0 Å². The quantitative estimate of drug-likeness (QED) is 0.705. The molecule has 1 aromatic heterocycles. The van der Waals surface area contributed by atoms with E-state index < -0.39 is 0 Å². The molecule has 2 rings (SSSR count). The van der Waals surface area contributed by atoms with Gasteiger partial charge in [-0.05, 0) is 11.4 Å². The number of likely N-dealkylation sites (N-methyl/N-ethyl adjacent to an activating group) is 1. The fourth-order valence-electron chi connectivity index (χ4n) is 2.56. The van der Waals surface area contributed by atoms with E-state index >= 15 is 0 Å². The highest BCUT2D eigenvalue weighted by atomic mass is 32.1. The van der Waals surface area contributed by atoms with Crippen LogP contribution in [-0.4, -0.2) is 85.3 Å². The molecule has 25 heavy (non-hydrogen) atoms. The average Bonchev–Trinajstić information content (AvgIpc) is 3.14. The Kier molecular flexibility index (Phi) is 7.15. The third-order valence-electron chi connectivity index (χ3n) is 3.99. The van der Waals surface area contributed by atoms with Gasteiger partial charge in [-0.25, -0.2) is 0 Å². The summed E-state index contributed by atoms with van der Waals surface area (Å²) in [6, 6.07) is 3.57. The van der Waals surface area contributed by atoms with Crippen LogP contribution in [0.25, 0.3) is 0 Å². The van der Waals surface area contributed by atoms with Crippen molar-refractivity contribution in [3.63, 3.8) is 0 Å². The molecule has 1 fully saturated rings. The van der Waals surface area contributed by atoms with Crippen molar-refractivity contribution in [2.24, 2.45) is 0 Å². The van der Waals surface area contributed by atoms with Crippen molar-refractivity contribution in [2.75, 3.05) is 52.9 Å². The summed E-state index contributed by atoms with van der Waals surface area (Å²) < 4.78 is 0. The van der Waals surface area contributed by atoms with Crippen molar-refractivity contribution in [3.8, 4) is 0 Å². The van der Waals surface area contributed by atoms with Crippen LogP contribution in [0.2, 0.25) is 0 Å². The van der Waals surface area contributed by atoms with Crippen LogP contribution in [0.15, 0.2) is 30.2 Å². The molecular formula is C17H24N4O3S. The summed E-state index contributed by atoms with van der Waals surface area (Å²) in [6.45, 7) is 6.84. The van der Waals surface area contributed by atoms with E-state index in [9.17, 15) is 14.4 Å². The Bertz CT molecular complexity index is 609. The van der Waals surface area contributed by atoms with Gasteiger partial charge in [0.2, 0.25) is 11.8 Å². The molecule has 2 heterocycles. The fraction of sp³-hybridized carbons (Fsp3) is 0.471. The second kappa shape index (κ2) is 9.33. The smallest absolute Gasteiger partial charge is 0.264 e. The van der Waals surface area contributed by atoms with Gasteiger partial charge in [0, 0.05) is 39.8 Å².